The van der Waals surface area contributed by atoms with Crippen LogP contribution in [0, 0.1) is 0 Å². The summed E-state index contributed by atoms with van der Waals surface area (Å²) in [6, 6.07) is 0. The molecule has 0 aromatic carbocycles. The Morgan fingerprint density at radius 3 is 2.80 bits per heavy atom. The molecule has 0 aromatic heterocycles. The molecule has 1 aliphatic heterocycles. The molecule has 0 spiro atoms. The summed E-state index contributed by atoms with van der Waals surface area (Å²) in [5.74, 6) is -0.833. The topological polar surface area (TPSA) is 96.2 Å². The summed E-state index contributed by atoms with van der Waals surface area (Å²) in [6.45, 7) is 3.33. The molecule has 6 nitrogen and oxygen atoms in total. The molecule has 86 valence electrons. The Labute approximate surface area is 86.7 Å². The van der Waals surface area contributed by atoms with Crippen molar-refractivity contribution in [3.63, 3.8) is 0 Å². The Morgan fingerprint density at radius 2 is 2.20 bits per heavy atom. The lowest BCUT2D eigenvalue weighted by molar-refractivity contribution is -0.238. The van der Waals surface area contributed by atoms with Crippen LogP contribution in [-0.2, 0) is 14.3 Å². The van der Waals surface area contributed by atoms with E-state index in [1.165, 1.54) is 6.08 Å². The molecule has 0 amide bonds. The molecule has 4 atom stereocenters. The summed E-state index contributed by atoms with van der Waals surface area (Å²) in [7, 11) is 0. The first-order valence-electron chi connectivity index (χ1n) is 4.53. The first-order valence-corrected chi connectivity index (χ1v) is 4.53. The highest BCUT2D eigenvalue weighted by molar-refractivity contribution is 5.75. The van der Waals surface area contributed by atoms with Gasteiger partial charge >= 0.3 is 5.97 Å². The van der Waals surface area contributed by atoms with Crippen LogP contribution < -0.4 is 0 Å². The van der Waals surface area contributed by atoms with Crippen LogP contribution in [-0.4, -0.2) is 52.5 Å². The van der Waals surface area contributed by atoms with E-state index in [0.717, 1.165) is 0 Å². The van der Waals surface area contributed by atoms with Gasteiger partial charge in [-0.1, -0.05) is 12.7 Å². The average Bonchev–Trinajstić information content (AvgIpc) is 2.19. The maximum atomic E-state index is 11.3. The number of ether oxygens (including phenoxy) is 2. The third kappa shape index (κ3) is 3.00. The van der Waals surface area contributed by atoms with Crippen molar-refractivity contribution >= 4 is 5.97 Å². The minimum Gasteiger partial charge on any atom is -0.459 e. The summed E-state index contributed by atoms with van der Waals surface area (Å²) < 4.78 is 9.40. The predicted molar refractivity (Wildman–Crippen MR) is 48.7 cm³/mol. The minimum atomic E-state index is -1.38. The molecule has 6 heteroatoms. The number of aliphatic hydroxyl groups excluding tert-OH is 3. The molecule has 0 radical (unpaired) electrons. The van der Waals surface area contributed by atoms with E-state index >= 15 is 0 Å². The smallest absolute Gasteiger partial charge is 0.338 e. The molecule has 3 N–H and O–H groups in total. The van der Waals surface area contributed by atoms with Crippen LogP contribution in [0.2, 0.25) is 0 Å². The summed E-state index contributed by atoms with van der Waals surface area (Å²) in [6.07, 6.45) is -3.99. The number of aliphatic hydroxyl groups is 3. The Kier molecular flexibility index (Phi) is 4.22. The summed E-state index contributed by atoms with van der Waals surface area (Å²) in [4.78, 5) is 11.3. The molecule has 1 fully saturated rings. The zero-order valence-electron chi connectivity index (χ0n) is 8.07. The van der Waals surface area contributed by atoms with E-state index < -0.39 is 30.6 Å². The van der Waals surface area contributed by atoms with E-state index in [1.54, 1.807) is 0 Å². The summed E-state index contributed by atoms with van der Waals surface area (Å²) in [5, 5.41) is 27.8. The van der Waals surface area contributed by atoms with Gasteiger partial charge < -0.3 is 24.8 Å². The summed E-state index contributed by atoms with van der Waals surface area (Å²) in [5.41, 5.74) is 0. The van der Waals surface area contributed by atoms with Crippen LogP contribution in [0.5, 0.6) is 0 Å². The van der Waals surface area contributed by atoms with Crippen molar-refractivity contribution in [3.05, 3.63) is 12.7 Å². The highest BCUT2D eigenvalue weighted by atomic mass is 16.6. The third-order valence-corrected chi connectivity index (χ3v) is 2.03. The quantitative estimate of drug-likeness (QED) is 0.396. The number of hydrogen-bond acceptors (Lipinski definition) is 6. The fourth-order valence-electron chi connectivity index (χ4n) is 1.27. The average molecular weight is 218 g/mol. The number of hydrogen-bond donors (Lipinski definition) is 3. The number of carbonyl (C=O) groups is 1. The minimum absolute atomic E-state index is 0.0163. The lowest BCUT2D eigenvalue weighted by Gasteiger charge is -2.33. The predicted octanol–water partition coefficient (Wildman–Crippen LogP) is -1.46. The zero-order chi connectivity index (χ0) is 11.4. The van der Waals surface area contributed by atoms with Crippen LogP contribution >= 0.6 is 0 Å². The van der Waals surface area contributed by atoms with Gasteiger partial charge in [0.05, 0.1) is 6.10 Å². The Hall–Kier alpha value is -0.950. The lowest BCUT2D eigenvalue weighted by atomic mass is 10.0. The van der Waals surface area contributed by atoms with E-state index in [0.29, 0.717) is 0 Å². The van der Waals surface area contributed by atoms with Gasteiger partial charge in [0.2, 0.25) is 0 Å². The number of carbonyl (C=O) groups excluding carboxylic acids is 1. The SMILES string of the molecule is C=CCOC(=O)[C@H]1OC(O)C[C@@H](O)[C@@H]1O. The van der Waals surface area contributed by atoms with Crippen LogP contribution in [0.1, 0.15) is 6.42 Å². The molecule has 1 saturated heterocycles. The Bertz CT molecular complexity index is 241. The normalized spacial score (nSPS) is 35.9. The van der Waals surface area contributed by atoms with Gasteiger partial charge in [-0.3, -0.25) is 0 Å². The Morgan fingerprint density at radius 1 is 1.53 bits per heavy atom. The maximum Gasteiger partial charge on any atom is 0.338 e. The van der Waals surface area contributed by atoms with Gasteiger partial charge in [-0.15, -0.1) is 0 Å². The molecule has 1 rings (SSSR count). The van der Waals surface area contributed by atoms with Crippen molar-refractivity contribution < 1.29 is 29.6 Å². The third-order valence-electron chi connectivity index (χ3n) is 2.03. The highest BCUT2D eigenvalue weighted by Crippen LogP contribution is 2.19. The van der Waals surface area contributed by atoms with E-state index in [4.69, 9.17) is 9.84 Å². The molecule has 1 unspecified atom stereocenters. The fraction of sp³-hybridized carbons (Fsp3) is 0.667. The molecule has 1 aliphatic rings. The number of esters is 1. The molecule has 1 heterocycles. The maximum absolute atomic E-state index is 11.3. The Balaban J connectivity index is 2.57. The monoisotopic (exact) mass is 218 g/mol. The molecular weight excluding hydrogens is 204 g/mol. The van der Waals surface area contributed by atoms with E-state index in [9.17, 15) is 15.0 Å². The van der Waals surface area contributed by atoms with Crippen LogP contribution in [0.25, 0.3) is 0 Å². The molecule has 15 heavy (non-hydrogen) atoms. The van der Waals surface area contributed by atoms with E-state index in [-0.39, 0.29) is 13.0 Å². The fourth-order valence-corrected chi connectivity index (χ4v) is 1.27. The largest absolute Gasteiger partial charge is 0.459 e. The molecule has 0 bridgehead atoms. The van der Waals surface area contributed by atoms with Crippen molar-refractivity contribution in [2.45, 2.75) is 31.0 Å². The van der Waals surface area contributed by atoms with Crippen LogP contribution in [0.15, 0.2) is 12.7 Å². The van der Waals surface area contributed by atoms with Gasteiger partial charge in [0.15, 0.2) is 12.4 Å². The highest BCUT2D eigenvalue weighted by Gasteiger charge is 2.41. The van der Waals surface area contributed by atoms with E-state index in [1.807, 2.05) is 0 Å². The summed E-state index contributed by atoms with van der Waals surface area (Å²) >= 11 is 0. The van der Waals surface area contributed by atoms with Crippen molar-refractivity contribution in [2.24, 2.45) is 0 Å². The van der Waals surface area contributed by atoms with Crippen LogP contribution in [0.4, 0.5) is 0 Å². The first-order chi connectivity index (χ1) is 7.06. The van der Waals surface area contributed by atoms with Gasteiger partial charge in [0.25, 0.3) is 0 Å². The number of rotatable bonds is 3. The zero-order valence-corrected chi connectivity index (χ0v) is 8.07. The first kappa shape index (κ1) is 12.1. The van der Waals surface area contributed by atoms with E-state index in [2.05, 4.69) is 11.3 Å². The molecule has 0 aliphatic carbocycles. The van der Waals surface area contributed by atoms with Gasteiger partial charge in [-0.25, -0.2) is 4.79 Å². The second kappa shape index (κ2) is 5.22. The molecular formula is C9H14O6. The van der Waals surface area contributed by atoms with Crippen molar-refractivity contribution in [2.75, 3.05) is 6.61 Å². The standard InChI is InChI=1S/C9H14O6/c1-2-3-14-9(13)8-7(12)5(10)4-6(11)15-8/h2,5-8,10-12H,1,3-4H2/t5-,6?,7+,8+/m1/s1. The van der Waals surface area contributed by atoms with Crippen LogP contribution in [0.3, 0.4) is 0 Å². The second-order valence-electron chi connectivity index (χ2n) is 3.22. The molecule has 0 aromatic rings. The van der Waals surface area contributed by atoms with Gasteiger partial charge in [-0.05, 0) is 0 Å². The van der Waals surface area contributed by atoms with Crippen molar-refractivity contribution in [3.8, 4) is 0 Å². The van der Waals surface area contributed by atoms with Gasteiger partial charge in [-0.2, -0.15) is 0 Å². The van der Waals surface area contributed by atoms with Crippen molar-refractivity contribution in [1.82, 2.24) is 0 Å². The lowest BCUT2D eigenvalue weighted by Crippen LogP contribution is -2.52. The molecule has 0 saturated carbocycles. The second-order valence-corrected chi connectivity index (χ2v) is 3.22. The van der Waals surface area contributed by atoms with Gasteiger partial charge in [0.1, 0.15) is 12.7 Å². The van der Waals surface area contributed by atoms with Gasteiger partial charge in [0, 0.05) is 6.42 Å². The van der Waals surface area contributed by atoms with Crippen molar-refractivity contribution in [1.29, 1.82) is 0 Å².